The number of likely N-dealkylation sites (tertiary alicyclic amines) is 1. The highest BCUT2D eigenvalue weighted by atomic mass is 16.6. The van der Waals surface area contributed by atoms with Crippen molar-refractivity contribution in [1.29, 1.82) is 0 Å². The van der Waals surface area contributed by atoms with Gasteiger partial charge in [0, 0.05) is 24.9 Å². The van der Waals surface area contributed by atoms with E-state index in [0.29, 0.717) is 19.0 Å². The van der Waals surface area contributed by atoms with Gasteiger partial charge in [0.2, 0.25) is 0 Å². The van der Waals surface area contributed by atoms with Crippen LogP contribution in [0.1, 0.15) is 69.8 Å². The molecule has 0 N–H and O–H groups in total. The van der Waals surface area contributed by atoms with E-state index in [1.54, 1.807) is 4.90 Å². The molecule has 7 heteroatoms. The molecule has 7 nitrogen and oxygen atoms in total. The lowest BCUT2D eigenvalue weighted by Crippen LogP contribution is -2.41. The van der Waals surface area contributed by atoms with Crippen LogP contribution in [0.2, 0.25) is 0 Å². The number of rotatable bonds is 2. The molecule has 1 amide bonds. The first-order chi connectivity index (χ1) is 11.9. The summed E-state index contributed by atoms with van der Waals surface area (Å²) in [5.74, 6) is 1.80. The summed E-state index contributed by atoms with van der Waals surface area (Å²) >= 11 is 0. The zero-order valence-electron chi connectivity index (χ0n) is 15.1. The standard InChI is InChI=1S/C18H25N5O2/c1-18(2,3)25-17(24)22-10-8-13(9-11-22)16-20-19-15-7-6-14(12-4-5-12)21-23(15)16/h6-7,12-13H,4-5,8-11H2,1-3H3. The molecule has 2 fully saturated rings. The molecule has 2 aromatic rings. The van der Waals surface area contributed by atoms with Gasteiger partial charge in [-0.3, -0.25) is 0 Å². The van der Waals surface area contributed by atoms with Gasteiger partial charge in [0.05, 0.1) is 5.69 Å². The van der Waals surface area contributed by atoms with E-state index in [4.69, 9.17) is 9.84 Å². The fraction of sp³-hybridized carbons (Fsp3) is 0.667. The third-order valence-electron chi connectivity index (χ3n) is 4.81. The van der Waals surface area contributed by atoms with Crippen molar-refractivity contribution in [3.63, 3.8) is 0 Å². The predicted octanol–water partition coefficient (Wildman–Crippen LogP) is 3.12. The SMILES string of the molecule is CC(C)(C)OC(=O)N1CCC(c2nnc3ccc(C4CC4)nn23)CC1. The third-order valence-corrected chi connectivity index (χ3v) is 4.81. The number of aromatic nitrogens is 4. The molecule has 134 valence electrons. The molecule has 4 rings (SSSR count). The molecule has 2 aromatic heterocycles. The van der Waals surface area contributed by atoms with Crippen molar-refractivity contribution in [3.8, 4) is 0 Å². The number of amides is 1. The summed E-state index contributed by atoms with van der Waals surface area (Å²) in [6, 6.07) is 4.07. The van der Waals surface area contributed by atoms with Crippen LogP contribution in [0, 0.1) is 0 Å². The molecule has 0 atom stereocenters. The Balaban J connectivity index is 1.46. The maximum atomic E-state index is 12.2. The molecule has 1 aliphatic carbocycles. The van der Waals surface area contributed by atoms with E-state index in [2.05, 4.69) is 16.3 Å². The minimum Gasteiger partial charge on any atom is -0.444 e. The van der Waals surface area contributed by atoms with Crippen molar-refractivity contribution in [2.75, 3.05) is 13.1 Å². The highest BCUT2D eigenvalue weighted by Gasteiger charge is 2.31. The Labute approximate surface area is 147 Å². The average molecular weight is 343 g/mol. The normalized spacial score (nSPS) is 19.4. The molecule has 0 bridgehead atoms. The van der Waals surface area contributed by atoms with Crippen molar-refractivity contribution in [3.05, 3.63) is 23.7 Å². The molecule has 0 unspecified atom stereocenters. The Hall–Kier alpha value is -2.18. The highest BCUT2D eigenvalue weighted by Crippen LogP contribution is 2.39. The van der Waals surface area contributed by atoms with Crippen LogP contribution in [-0.2, 0) is 4.74 Å². The molecule has 1 saturated heterocycles. The Bertz CT molecular complexity index is 782. The highest BCUT2D eigenvalue weighted by molar-refractivity contribution is 5.68. The van der Waals surface area contributed by atoms with Crippen LogP contribution >= 0.6 is 0 Å². The van der Waals surface area contributed by atoms with E-state index >= 15 is 0 Å². The van der Waals surface area contributed by atoms with Gasteiger partial charge in [-0.15, -0.1) is 10.2 Å². The summed E-state index contributed by atoms with van der Waals surface area (Å²) in [5.41, 5.74) is 1.48. The fourth-order valence-electron chi connectivity index (χ4n) is 3.32. The van der Waals surface area contributed by atoms with Gasteiger partial charge >= 0.3 is 6.09 Å². The van der Waals surface area contributed by atoms with Gasteiger partial charge in [-0.05, 0) is 58.6 Å². The van der Waals surface area contributed by atoms with Crippen molar-refractivity contribution in [2.24, 2.45) is 0 Å². The van der Waals surface area contributed by atoms with Crippen LogP contribution in [0.3, 0.4) is 0 Å². The number of hydrogen-bond donors (Lipinski definition) is 0. The zero-order valence-corrected chi connectivity index (χ0v) is 15.1. The van der Waals surface area contributed by atoms with Crippen molar-refractivity contribution in [1.82, 2.24) is 24.7 Å². The van der Waals surface area contributed by atoms with Crippen molar-refractivity contribution in [2.45, 2.75) is 63.9 Å². The smallest absolute Gasteiger partial charge is 0.410 e. The van der Waals surface area contributed by atoms with Crippen LogP contribution in [0.15, 0.2) is 12.1 Å². The van der Waals surface area contributed by atoms with Gasteiger partial charge in [-0.25, -0.2) is 4.79 Å². The molecule has 2 aliphatic rings. The van der Waals surface area contributed by atoms with Gasteiger partial charge in [0.15, 0.2) is 11.5 Å². The van der Waals surface area contributed by atoms with Gasteiger partial charge in [-0.1, -0.05) is 0 Å². The maximum Gasteiger partial charge on any atom is 0.410 e. The lowest BCUT2D eigenvalue weighted by Gasteiger charge is -2.32. The molecule has 1 saturated carbocycles. The van der Waals surface area contributed by atoms with Crippen molar-refractivity contribution < 1.29 is 9.53 Å². The average Bonchev–Trinajstić information content (AvgIpc) is 3.33. The zero-order chi connectivity index (χ0) is 17.6. The van der Waals surface area contributed by atoms with Crippen LogP contribution in [0.4, 0.5) is 4.79 Å². The molecule has 3 heterocycles. The number of piperidine rings is 1. The second-order valence-electron chi connectivity index (χ2n) is 8.10. The second-order valence-corrected chi connectivity index (χ2v) is 8.10. The predicted molar refractivity (Wildman–Crippen MR) is 92.5 cm³/mol. The maximum absolute atomic E-state index is 12.2. The van der Waals surface area contributed by atoms with Crippen LogP contribution in [0.25, 0.3) is 5.65 Å². The van der Waals surface area contributed by atoms with E-state index in [0.717, 1.165) is 30.0 Å². The van der Waals surface area contributed by atoms with Gasteiger partial charge in [0.25, 0.3) is 0 Å². The van der Waals surface area contributed by atoms with E-state index < -0.39 is 5.60 Å². The van der Waals surface area contributed by atoms with E-state index in [-0.39, 0.29) is 12.0 Å². The summed E-state index contributed by atoms with van der Waals surface area (Å²) in [6.45, 7) is 7.03. The van der Waals surface area contributed by atoms with Gasteiger partial charge in [-0.2, -0.15) is 9.61 Å². The van der Waals surface area contributed by atoms with E-state index in [9.17, 15) is 4.79 Å². The Morgan fingerprint density at radius 3 is 2.44 bits per heavy atom. The first-order valence-corrected chi connectivity index (χ1v) is 9.11. The Kier molecular flexibility index (Phi) is 3.89. The summed E-state index contributed by atoms with van der Waals surface area (Å²) in [5, 5.41) is 13.4. The molecule has 0 radical (unpaired) electrons. The van der Waals surface area contributed by atoms with Crippen LogP contribution in [0.5, 0.6) is 0 Å². The fourth-order valence-corrected chi connectivity index (χ4v) is 3.32. The summed E-state index contributed by atoms with van der Waals surface area (Å²) in [4.78, 5) is 14.0. The molecular weight excluding hydrogens is 318 g/mol. The lowest BCUT2D eigenvalue weighted by molar-refractivity contribution is 0.0203. The molecule has 25 heavy (non-hydrogen) atoms. The quantitative estimate of drug-likeness (QED) is 0.838. The van der Waals surface area contributed by atoms with Crippen LogP contribution < -0.4 is 0 Å². The Morgan fingerprint density at radius 2 is 1.80 bits per heavy atom. The first-order valence-electron chi connectivity index (χ1n) is 9.11. The molecular formula is C18H25N5O2. The minimum atomic E-state index is -0.458. The number of carbonyl (C=O) groups excluding carboxylic acids is 1. The van der Waals surface area contributed by atoms with Crippen molar-refractivity contribution >= 4 is 11.7 Å². The van der Waals surface area contributed by atoms with E-state index in [1.165, 1.54) is 12.8 Å². The largest absolute Gasteiger partial charge is 0.444 e. The summed E-state index contributed by atoms with van der Waals surface area (Å²) in [7, 11) is 0. The van der Waals surface area contributed by atoms with Gasteiger partial charge < -0.3 is 9.64 Å². The monoisotopic (exact) mass is 343 g/mol. The number of hydrogen-bond acceptors (Lipinski definition) is 5. The number of ether oxygens (including phenoxy) is 1. The summed E-state index contributed by atoms with van der Waals surface area (Å²) < 4.78 is 7.37. The second kappa shape index (κ2) is 5.97. The molecule has 0 spiro atoms. The molecule has 0 aromatic carbocycles. The van der Waals surface area contributed by atoms with E-state index in [1.807, 2.05) is 31.4 Å². The third kappa shape index (κ3) is 3.45. The Morgan fingerprint density at radius 1 is 1.08 bits per heavy atom. The molecule has 1 aliphatic heterocycles. The number of nitrogens with zero attached hydrogens (tertiary/aromatic N) is 5. The minimum absolute atomic E-state index is 0.230. The number of carbonyl (C=O) groups is 1. The lowest BCUT2D eigenvalue weighted by atomic mass is 9.96. The first kappa shape index (κ1) is 16.3. The topological polar surface area (TPSA) is 72.6 Å². The summed E-state index contributed by atoms with van der Waals surface area (Å²) in [6.07, 6.45) is 3.94. The van der Waals surface area contributed by atoms with Gasteiger partial charge in [0.1, 0.15) is 5.60 Å². The number of fused-ring (bicyclic) bond motifs is 1. The van der Waals surface area contributed by atoms with Crippen LogP contribution in [-0.4, -0.2) is 49.5 Å².